The Morgan fingerprint density at radius 1 is 0.700 bits per heavy atom. The van der Waals surface area contributed by atoms with Crippen molar-refractivity contribution in [2.75, 3.05) is 13.1 Å². The summed E-state index contributed by atoms with van der Waals surface area (Å²) in [6.45, 7) is 6.44. The van der Waals surface area contributed by atoms with E-state index in [1.807, 2.05) is 24.5 Å². The number of aromatic amines is 2. The molecule has 210 valence electrons. The summed E-state index contributed by atoms with van der Waals surface area (Å²) in [7, 11) is 0. The maximum absolute atomic E-state index is 12.3. The van der Waals surface area contributed by atoms with Gasteiger partial charge in [0.25, 0.3) is 0 Å². The molecule has 0 radical (unpaired) electrons. The Morgan fingerprint density at radius 2 is 1.07 bits per heavy atom. The maximum Gasteiger partial charge on any atom is 0.308 e. The van der Waals surface area contributed by atoms with Gasteiger partial charge in [-0.1, -0.05) is 0 Å². The highest BCUT2D eigenvalue weighted by molar-refractivity contribution is 9.11. The first kappa shape index (κ1) is 29.3. The molecule has 4 aromatic rings. The number of halogens is 2. The standard InChI is InChI=1S/C28H28Br2N4O6/c1-13(35)31-7-5-17-11-33-25-19(17)9-21(29)23(27(25)39-15(3)37)24-22(30)10-20-18(6-8-32-14(2)36)12-34-26(20)28(24)40-16(4)38/h9-12,33-34H,5-8H2,1-4H3,(H,31,35)(H,32,36). The van der Waals surface area contributed by atoms with Gasteiger partial charge >= 0.3 is 11.9 Å². The van der Waals surface area contributed by atoms with E-state index in [-0.39, 0.29) is 23.3 Å². The molecule has 0 bridgehead atoms. The van der Waals surface area contributed by atoms with Crippen molar-refractivity contribution < 1.29 is 28.7 Å². The minimum absolute atomic E-state index is 0.121. The van der Waals surface area contributed by atoms with Crippen LogP contribution >= 0.6 is 31.9 Å². The molecular weight excluding hydrogens is 648 g/mol. The van der Waals surface area contributed by atoms with Crippen molar-refractivity contribution in [3.05, 3.63) is 44.6 Å². The highest BCUT2D eigenvalue weighted by Gasteiger charge is 2.27. The number of ether oxygens (including phenoxy) is 2. The predicted molar refractivity (Wildman–Crippen MR) is 158 cm³/mol. The van der Waals surface area contributed by atoms with Crippen molar-refractivity contribution in [1.29, 1.82) is 0 Å². The third-order valence-electron chi connectivity index (χ3n) is 6.22. The lowest BCUT2D eigenvalue weighted by molar-refractivity contribution is -0.132. The third kappa shape index (κ3) is 6.23. The Kier molecular flexibility index (Phi) is 8.99. The number of hydrogen-bond acceptors (Lipinski definition) is 6. The number of amides is 2. The summed E-state index contributed by atoms with van der Waals surface area (Å²) in [5.41, 5.74) is 4.00. The quantitative estimate of drug-likeness (QED) is 0.145. The fraction of sp³-hybridized carbons (Fsp3) is 0.286. The van der Waals surface area contributed by atoms with E-state index in [0.29, 0.717) is 57.0 Å². The molecule has 2 aromatic carbocycles. The second-order valence-electron chi connectivity index (χ2n) is 9.25. The summed E-state index contributed by atoms with van der Waals surface area (Å²) in [6, 6.07) is 3.80. The molecule has 0 spiro atoms. The monoisotopic (exact) mass is 674 g/mol. The molecule has 0 saturated heterocycles. The Morgan fingerprint density at radius 3 is 1.40 bits per heavy atom. The second-order valence-corrected chi connectivity index (χ2v) is 11.0. The molecule has 0 fully saturated rings. The average Bonchev–Trinajstić information content (AvgIpc) is 3.43. The minimum atomic E-state index is -0.526. The zero-order valence-electron chi connectivity index (χ0n) is 22.3. The van der Waals surface area contributed by atoms with Gasteiger partial charge in [0.15, 0.2) is 11.5 Å². The van der Waals surface area contributed by atoms with E-state index < -0.39 is 11.9 Å². The molecule has 12 heteroatoms. The van der Waals surface area contributed by atoms with Crippen LogP contribution < -0.4 is 20.1 Å². The van der Waals surface area contributed by atoms with E-state index in [2.05, 4.69) is 52.5 Å². The van der Waals surface area contributed by atoms with Crippen LogP contribution in [0.2, 0.25) is 0 Å². The summed E-state index contributed by atoms with van der Waals surface area (Å²) in [5, 5.41) is 7.20. The van der Waals surface area contributed by atoms with Crippen molar-refractivity contribution in [3.63, 3.8) is 0 Å². The fourth-order valence-corrected chi connectivity index (χ4v) is 5.85. The Balaban J connectivity index is 1.94. The zero-order valence-corrected chi connectivity index (χ0v) is 25.5. The van der Waals surface area contributed by atoms with E-state index in [4.69, 9.17) is 9.47 Å². The molecule has 2 amide bonds. The molecule has 0 aliphatic heterocycles. The smallest absolute Gasteiger partial charge is 0.308 e. The average molecular weight is 676 g/mol. The summed E-state index contributed by atoms with van der Waals surface area (Å²) < 4.78 is 12.8. The molecule has 4 N–H and O–H groups in total. The van der Waals surface area contributed by atoms with Gasteiger partial charge in [0.2, 0.25) is 11.8 Å². The number of H-pyrrole nitrogens is 2. The molecule has 10 nitrogen and oxygen atoms in total. The molecule has 4 rings (SSSR count). The van der Waals surface area contributed by atoms with Gasteiger partial charge in [0.1, 0.15) is 0 Å². The molecule has 2 aromatic heterocycles. The normalized spacial score (nSPS) is 11.1. The molecule has 0 aliphatic carbocycles. The summed E-state index contributed by atoms with van der Waals surface area (Å²) >= 11 is 7.34. The van der Waals surface area contributed by atoms with Crippen LogP contribution in [0.5, 0.6) is 11.5 Å². The van der Waals surface area contributed by atoms with Crippen LogP contribution in [0, 0.1) is 0 Å². The van der Waals surface area contributed by atoms with Gasteiger partial charge in [0.05, 0.1) is 11.0 Å². The zero-order chi connectivity index (χ0) is 29.1. The van der Waals surface area contributed by atoms with Crippen molar-refractivity contribution in [1.82, 2.24) is 20.6 Å². The van der Waals surface area contributed by atoms with Crippen LogP contribution in [0.3, 0.4) is 0 Å². The predicted octanol–water partition coefficient (Wildman–Crippen LogP) is 5.05. The summed E-state index contributed by atoms with van der Waals surface area (Å²) in [4.78, 5) is 53.7. The lowest BCUT2D eigenvalue weighted by Gasteiger charge is -2.18. The van der Waals surface area contributed by atoms with Crippen LogP contribution in [-0.2, 0) is 32.0 Å². The molecule has 0 atom stereocenters. The van der Waals surface area contributed by atoms with Gasteiger partial charge in [-0.05, 0) is 68.0 Å². The van der Waals surface area contributed by atoms with E-state index in [1.54, 1.807) is 0 Å². The molecule has 2 heterocycles. The number of nitrogens with one attached hydrogen (secondary N) is 4. The SMILES string of the molecule is CC(=O)NCCc1c[nH]c2c(OC(C)=O)c(-c3c(Br)cc4c(CCNC(C)=O)c[nH]c4c3OC(C)=O)c(Br)cc12. The molecule has 40 heavy (non-hydrogen) atoms. The van der Waals surface area contributed by atoms with Crippen molar-refractivity contribution >= 4 is 77.4 Å². The first-order chi connectivity index (χ1) is 19.0. The summed E-state index contributed by atoms with van der Waals surface area (Å²) in [5.74, 6) is -0.778. The van der Waals surface area contributed by atoms with E-state index >= 15 is 0 Å². The fourth-order valence-electron chi connectivity index (χ4n) is 4.64. The van der Waals surface area contributed by atoms with Gasteiger partial charge in [-0.15, -0.1) is 0 Å². The molecule has 0 unspecified atom stereocenters. The Bertz CT molecular complexity index is 1530. The van der Waals surface area contributed by atoms with Crippen molar-refractivity contribution in [3.8, 4) is 22.6 Å². The van der Waals surface area contributed by atoms with E-state index in [9.17, 15) is 19.2 Å². The Labute approximate surface area is 246 Å². The van der Waals surface area contributed by atoms with Gasteiger partial charge in [-0.3, -0.25) is 19.2 Å². The molecule has 0 aliphatic rings. The minimum Gasteiger partial charge on any atom is -0.424 e. The molecule has 0 saturated carbocycles. The molecular formula is C28H28Br2N4O6. The third-order valence-corrected chi connectivity index (χ3v) is 7.47. The highest BCUT2D eigenvalue weighted by atomic mass is 79.9. The number of carbonyl (C=O) groups is 4. The largest absolute Gasteiger partial charge is 0.424 e. The number of benzene rings is 2. The number of rotatable bonds is 9. The van der Waals surface area contributed by atoms with Crippen LogP contribution in [0.4, 0.5) is 0 Å². The van der Waals surface area contributed by atoms with E-state index in [0.717, 1.165) is 21.9 Å². The Hall–Kier alpha value is -3.64. The van der Waals surface area contributed by atoms with Gasteiger partial charge in [-0.25, -0.2) is 0 Å². The number of carbonyl (C=O) groups excluding carboxylic acids is 4. The van der Waals surface area contributed by atoms with Crippen molar-refractivity contribution in [2.24, 2.45) is 0 Å². The van der Waals surface area contributed by atoms with Crippen LogP contribution in [-0.4, -0.2) is 46.8 Å². The van der Waals surface area contributed by atoms with Gasteiger partial charge < -0.3 is 30.1 Å². The number of aromatic nitrogens is 2. The lowest BCUT2D eigenvalue weighted by atomic mass is 9.98. The number of fused-ring (bicyclic) bond motifs is 2. The van der Waals surface area contributed by atoms with Crippen molar-refractivity contribution in [2.45, 2.75) is 40.5 Å². The topological polar surface area (TPSA) is 142 Å². The lowest BCUT2D eigenvalue weighted by Crippen LogP contribution is -2.22. The maximum atomic E-state index is 12.3. The first-order valence-corrected chi connectivity index (χ1v) is 14.1. The number of hydrogen-bond donors (Lipinski definition) is 4. The van der Waals surface area contributed by atoms with Crippen LogP contribution in [0.1, 0.15) is 38.8 Å². The van der Waals surface area contributed by atoms with E-state index in [1.165, 1.54) is 27.7 Å². The van der Waals surface area contributed by atoms with Crippen LogP contribution in [0.15, 0.2) is 33.5 Å². The van der Waals surface area contributed by atoms with Gasteiger partial charge in [-0.2, -0.15) is 0 Å². The second kappa shape index (κ2) is 12.3. The number of esters is 2. The first-order valence-electron chi connectivity index (χ1n) is 12.5. The summed E-state index contributed by atoms with van der Waals surface area (Å²) in [6.07, 6.45) is 4.74. The highest BCUT2D eigenvalue weighted by Crippen LogP contribution is 2.51. The van der Waals surface area contributed by atoms with Gasteiger partial charge in [0, 0.05) is 84.0 Å². The van der Waals surface area contributed by atoms with Crippen LogP contribution in [0.25, 0.3) is 32.9 Å².